The molecule has 4 nitrogen and oxygen atoms in total. The molecule has 2 N–H and O–H groups in total. The molecule has 94 valence electrons. The standard InChI is InChI=1S/C11H15FN2O2S/c1-17-7-8(5-6-15)13-11(16)9-3-2-4-10(12)14-9/h2-4,8,15H,5-7H2,1H3,(H,13,16). The molecule has 0 saturated carbocycles. The van der Waals surface area contributed by atoms with Gasteiger partial charge in [0.25, 0.3) is 5.91 Å². The number of thioether (sulfide) groups is 1. The van der Waals surface area contributed by atoms with Gasteiger partial charge in [0.05, 0.1) is 0 Å². The molecule has 0 aromatic carbocycles. The fourth-order valence-corrected chi connectivity index (χ4v) is 2.00. The number of hydrogen-bond acceptors (Lipinski definition) is 4. The number of nitrogens with one attached hydrogen (secondary N) is 1. The highest BCUT2D eigenvalue weighted by Crippen LogP contribution is 2.04. The second-order valence-electron chi connectivity index (χ2n) is 3.48. The Labute approximate surface area is 104 Å². The Hall–Kier alpha value is -1.14. The van der Waals surface area contributed by atoms with Crippen molar-refractivity contribution in [2.24, 2.45) is 0 Å². The Morgan fingerprint density at radius 3 is 3.00 bits per heavy atom. The fourth-order valence-electron chi connectivity index (χ4n) is 1.35. The molecule has 0 spiro atoms. The van der Waals surface area contributed by atoms with Crippen LogP contribution in [0.3, 0.4) is 0 Å². The van der Waals surface area contributed by atoms with Gasteiger partial charge >= 0.3 is 0 Å². The minimum absolute atomic E-state index is 0.00207. The lowest BCUT2D eigenvalue weighted by Gasteiger charge is -2.16. The molecule has 0 radical (unpaired) electrons. The van der Waals surface area contributed by atoms with Crippen LogP contribution in [0, 0.1) is 5.95 Å². The van der Waals surface area contributed by atoms with Gasteiger partial charge in [-0.3, -0.25) is 4.79 Å². The fraction of sp³-hybridized carbons (Fsp3) is 0.455. The van der Waals surface area contributed by atoms with E-state index in [1.807, 2.05) is 6.26 Å². The van der Waals surface area contributed by atoms with Crippen molar-refractivity contribution in [1.82, 2.24) is 10.3 Å². The van der Waals surface area contributed by atoms with Crippen LogP contribution in [0.5, 0.6) is 0 Å². The average molecular weight is 258 g/mol. The first kappa shape index (κ1) is 13.9. The normalized spacial score (nSPS) is 12.2. The third kappa shape index (κ3) is 4.70. The van der Waals surface area contributed by atoms with E-state index in [0.29, 0.717) is 12.2 Å². The zero-order valence-corrected chi connectivity index (χ0v) is 10.3. The highest BCUT2D eigenvalue weighted by molar-refractivity contribution is 7.98. The number of carbonyl (C=O) groups excluding carboxylic acids is 1. The van der Waals surface area contributed by atoms with Crippen molar-refractivity contribution < 1.29 is 14.3 Å². The third-order valence-corrected chi connectivity index (χ3v) is 2.86. The molecule has 17 heavy (non-hydrogen) atoms. The summed E-state index contributed by atoms with van der Waals surface area (Å²) in [4.78, 5) is 15.2. The number of aliphatic hydroxyl groups excluding tert-OH is 1. The maximum absolute atomic E-state index is 12.8. The minimum atomic E-state index is -0.679. The summed E-state index contributed by atoms with van der Waals surface area (Å²) in [6.45, 7) is 0.00207. The first-order chi connectivity index (χ1) is 8.17. The topological polar surface area (TPSA) is 62.2 Å². The summed E-state index contributed by atoms with van der Waals surface area (Å²) >= 11 is 1.57. The van der Waals surface area contributed by atoms with Crippen molar-refractivity contribution >= 4 is 17.7 Å². The number of rotatable bonds is 6. The Bertz CT molecular complexity index is 370. The van der Waals surface area contributed by atoms with Gasteiger partial charge in [-0.1, -0.05) is 6.07 Å². The van der Waals surface area contributed by atoms with E-state index < -0.39 is 11.9 Å². The number of hydrogen-bond donors (Lipinski definition) is 2. The van der Waals surface area contributed by atoms with Crippen molar-refractivity contribution in [1.29, 1.82) is 0 Å². The van der Waals surface area contributed by atoms with E-state index in [4.69, 9.17) is 5.11 Å². The molecule has 0 bridgehead atoms. The summed E-state index contributed by atoms with van der Waals surface area (Å²) in [5.41, 5.74) is 0.0500. The number of aliphatic hydroxyl groups is 1. The summed E-state index contributed by atoms with van der Waals surface area (Å²) in [5.74, 6) is -0.403. The van der Waals surface area contributed by atoms with Gasteiger partial charge in [0.15, 0.2) is 0 Å². The molecule has 0 aliphatic carbocycles. The first-order valence-electron chi connectivity index (χ1n) is 5.20. The molecule has 1 aromatic rings. The van der Waals surface area contributed by atoms with E-state index in [1.165, 1.54) is 18.2 Å². The molecule has 1 atom stereocenters. The van der Waals surface area contributed by atoms with Gasteiger partial charge in [0, 0.05) is 18.4 Å². The molecule has 1 aromatic heterocycles. The maximum atomic E-state index is 12.8. The van der Waals surface area contributed by atoms with Crippen LogP contribution < -0.4 is 5.32 Å². The number of nitrogens with zero attached hydrogens (tertiary/aromatic N) is 1. The summed E-state index contributed by atoms with van der Waals surface area (Å²) in [7, 11) is 0. The monoisotopic (exact) mass is 258 g/mol. The first-order valence-corrected chi connectivity index (χ1v) is 6.60. The zero-order valence-electron chi connectivity index (χ0n) is 9.52. The molecule has 0 aliphatic heterocycles. The molecular weight excluding hydrogens is 243 g/mol. The van der Waals surface area contributed by atoms with E-state index in [9.17, 15) is 9.18 Å². The van der Waals surface area contributed by atoms with E-state index >= 15 is 0 Å². The number of aromatic nitrogens is 1. The summed E-state index contributed by atoms with van der Waals surface area (Å²) in [6, 6.07) is 3.94. The van der Waals surface area contributed by atoms with Crippen LogP contribution in [0.2, 0.25) is 0 Å². The van der Waals surface area contributed by atoms with E-state index in [0.717, 1.165) is 0 Å². The van der Waals surface area contributed by atoms with Crippen LogP contribution in [-0.2, 0) is 0 Å². The second kappa shape index (κ2) is 7.24. The average Bonchev–Trinajstić information content (AvgIpc) is 2.29. The van der Waals surface area contributed by atoms with Crippen LogP contribution in [0.25, 0.3) is 0 Å². The van der Waals surface area contributed by atoms with Crippen molar-refractivity contribution in [3.8, 4) is 0 Å². The van der Waals surface area contributed by atoms with Gasteiger partial charge in [-0.05, 0) is 24.8 Å². The predicted molar refractivity (Wildman–Crippen MR) is 65.5 cm³/mol. The van der Waals surface area contributed by atoms with Crippen molar-refractivity contribution in [2.75, 3.05) is 18.6 Å². The highest BCUT2D eigenvalue weighted by atomic mass is 32.2. The number of pyridine rings is 1. The number of carbonyl (C=O) groups is 1. The molecule has 1 unspecified atom stereocenters. The summed E-state index contributed by atoms with van der Waals surface area (Å²) < 4.78 is 12.8. The molecule has 1 heterocycles. The lowest BCUT2D eigenvalue weighted by Crippen LogP contribution is -2.37. The molecule has 1 amide bonds. The quantitative estimate of drug-likeness (QED) is 0.749. The lowest BCUT2D eigenvalue weighted by molar-refractivity contribution is 0.0929. The van der Waals surface area contributed by atoms with Crippen LogP contribution in [0.1, 0.15) is 16.9 Å². The molecule has 1 rings (SSSR count). The van der Waals surface area contributed by atoms with E-state index in [-0.39, 0.29) is 18.3 Å². The van der Waals surface area contributed by atoms with Crippen LogP contribution >= 0.6 is 11.8 Å². The summed E-state index contributed by atoms with van der Waals surface area (Å²) in [6.07, 6.45) is 2.39. The lowest BCUT2D eigenvalue weighted by atomic mass is 10.2. The molecule has 6 heteroatoms. The van der Waals surface area contributed by atoms with Gasteiger partial charge in [0.2, 0.25) is 5.95 Å². The summed E-state index contributed by atoms with van der Waals surface area (Å²) in [5, 5.41) is 11.6. The predicted octanol–water partition coefficient (Wildman–Crippen LogP) is 1.06. The largest absolute Gasteiger partial charge is 0.396 e. The highest BCUT2D eigenvalue weighted by Gasteiger charge is 2.14. The van der Waals surface area contributed by atoms with Gasteiger partial charge in [-0.25, -0.2) is 4.98 Å². The smallest absolute Gasteiger partial charge is 0.270 e. The van der Waals surface area contributed by atoms with E-state index in [2.05, 4.69) is 10.3 Å². The maximum Gasteiger partial charge on any atom is 0.270 e. The molecule has 0 fully saturated rings. The van der Waals surface area contributed by atoms with Crippen molar-refractivity contribution in [3.63, 3.8) is 0 Å². The Morgan fingerprint density at radius 1 is 1.65 bits per heavy atom. The van der Waals surface area contributed by atoms with Crippen LogP contribution in [0.4, 0.5) is 4.39 Å². The molecular formula is C11H15FN2O2S. The van der Waals surface area contributed by atoms with Crippen LogP contribution in [0.15, 0.2) is 18.2 Å². The van der Waals surface area contributed by atoms with Crippen molar-refractivity contribution in [3.05, 3.63) is 29.8 Å². The molecule has 0 saturated heterocycles. The SMILES string of the molecule is CSCC(CCO)NC(=O)c1cccc(F)n1. The second-order valence-corrected chi connectivity index (χ2v) is 4.39. The Balaban J connectivity index is 2.63. The van der Waals surface area contributed by atoms with E-state index in [1.54, 1.807) is 11.8 Å². The number of amides is 1. The van der Waals surface area contributed by atoms with Gasteiger partial charge < -0.3 is 10.4 Å². The van der Waals surface area contributed by atoms with Gasteiger partial charge in [-0.15, -0.1) is 0 Å². The van der Waals surface area contributed by atoms with Gasteiger partial charge in [-0.2, -0.15) is 16.2 Å². The number of halogens is 1. The zero-order chi connectivity index (χ0) is 12.7. The van der Waals surface area contributed by atoms with Crippen LogP contribution in [-0.4, -0.2) is 40.7 Å². The molecule has 0 aliphatic rings. The van der Waals surface area contributed by atoms with Gasteiger partial charge in [0.1, 0.15) is 5.69 Å². The van der Waals surface area contributed by atoms with Crippen molar-refractivity contribution in [2.45, 2.75) is 12.5 Å². The Kier molecular flexibility index (Phi) is 5.93. The minimum Gasteiger partial charge on any atom is -0.396 e. The Morgan fingerprint density at radius 2 is 2.41 bits per heavy atom. The third-order valence-electron chi connectivity index (χ3n) is 2.13.